The Hall–Kier alpha value is -0.530. The second-order valence-corrected chi connectivity index (χ2v) is 7.19. The first-order valence-corrected chi connectivity index (χ1v) is 8.74. The lowest BCUT2D eigenvalue weighted by atomic mass is 9.64. The fourth-order valence-electron chi connectivity index (χ4n) is 4.54. The predicted octanol–water partition coefficient (Wildman–Crippen LogP) is 4.67. The van der Waals surface area contributed by atoms with Crippen LogP contribution in [0, 0.1) is 35.5 Å². The molecule has 0 aliphatic heterocycles. The highest BCUT2D eigenvalue weighted by Gasteiger charge is 2.47. The van der Waals surface area contributed by atoms with E-state index in [1.807, 2.05) is 6.92 Å². The standard InChI is InChI=1S/C18H32O2/c1-5-12(3)14-8-7-9-15(16-10-13(16)4)17(14)11-18(19)20-6-2/h12-17H,5-11H2,1-4H3/t12?,13-,14?,15?,16?,17?/m1/s1. The minimum absolute atomic E-state index is 0.0333. The van der Waals surface area contributed by atoms with E-state index < -0.39 is 0 Å². The van der Waals surface area contributed by atoms with Crippen molar-refractivity contribution >= 4 is 5.97 Å². The highest BCUT2D eigenvalue weighted by molar-refractivity contribution is 5.69. The summed E-state index contributed by atoms with van der Waals surface area (Å²) in [5.41, 5.74) is 0. The molecule has 2 aliphatic carbocycles. The van der Waals surface area contributed by atoms with E-state index in [-0.39, 0.29) is 5.97 Å². The van der Waals surface area contributed by atoms with Gasteiger partial charge in [0.25, 0.3) is 0 Å². The van der Waals surface area contributed by atoms with Crippen molar-refractivity contribution in [2.75, 3.05) is 6.61 Å². The van der Waals surface area contributed by atoms with Crippen LogP contribution in [0.4, 0.5) is 0 Å². The molecule has 20 heavy (non-hydrogen) atoms. The number of esters is 1. The Morgan fingerprint density at radius 1 is 1.25 bits per heavy atom. The topological polar surface area (TPSA) is 26.3 Å². The van der Waals surface area contributed by atoms with Gasteiger partial charge in [0.1, 0.15) is 0 Å². The molecule has 0 spiro atoms. The van der Waals surface area contributed by atoms with Gasteiger partial charge >= 0.3 is 5.97 Å². The molecule has 5 unspecified atom stereocenters. The molecule has 0 aromatic heterocycles. The second-order valence-electron chi connectivity index (χ2n) is 7.19. The molecule has 116 valence electrons. The molecule has 0 heterocycles. The summed E-state index contributed by atoms with van der Waals surface area (Å²) in [5.74, 6) is 4.64. The van der Waals surface area contributed by atoms with Crippen LogP contribution in [0.15, 0.2) is 0 Å². The van der Waals surface area contributed by atoms with Crippen LogP contribution in [0.25, 0.3) is 0 Å². The maximum absolute atomic E-state index is 12.0. The molecular formula is C18H32O2. The number of rotatable bonds is 6. The second kappa shape index (κ2) is 6.95. The monoisotopic (exact) mass is 280 g/mol. The summed E-state index contributed by atoms with van der Waals surface area (Å²) < 4.78 is 5.24. The van der Waals surface area contributed by atoms with E-state index >= 15 is 0 Å². The Morgan fingerprint density at radius 3 is 2.50 bits per heavy atom. The first-order chi connectivity index (χ1) is 9.58. The summed E-state index contributed by atoms with van der Waals surface area (Å²) in [7, 11) is 0. The van der Waals surface area contributed by atoms with Crippen LogP contribution in [0.5, 0.6) is 0 Å². The highest BCUT2D eigenvalue weighted by atomic mass is 16.5. The van der Waals surface area contributed by atoms with Gasteiger partial charge in [0.15, 0.2) is 0 Å². The van der Waals surface area contributed by atoms with Crippen LogP contribution in [0.1, 0.15) is 66.2 Å². The smallest absolute Gasteiger partial charge is 0.306 e. The average Bonchev–Trinajstić information content (AvgIpc) is 3.15. The molecule has 2 nitrogen and oxygen atoms in total. The molecule has 0 radical (unpaired) electrons. The third kappa shape index (κ3) is 3.56. The predicted molar refractivity (Wildman–Crippen MR) is 82.3 cm³/mol. The molecule has 0 aromatic carbocycles. The first-order valence-electron chi connectivity index (χ1n) is 8.74. The number of carbonyl (C=O) groups is 1. The van der Waals surface area contributed by atoms with Crippen LogP contribution >= 0.6 is 0 Å². The first kappa shape index (κ1) is 15.9. The largest absolute Gasteiger partial charge is 0.466 e. The maximum Gasteiger partial charge on any atom is 0.306 e. The SMILES string of the molecule is CCOC(=O)CC1C(C(C)CC)CCCC1C1C[C@H]1C. The Balaban J connectivity index is 2.07. The molecule has 2 heteroatoms. The minimum atomic E-state index is 0.0333. The maximum atomic E-state index is 12.0. The van der Waals surface area contributed by atoms with Gasteiger partial charge in [-0.3, -0.25) is 4.79 Å². The lowest BCUT2D eigenvalue weighted by molar-refractivity contribution is -0.146. The van der Waals surface area contributed by atoms with Crippen molar-refractivity contribution in [2.24, 2.45) is 35.5 Å². The summed E-state index contributed by atoms with van der Waals surface area (Å²) in [6.45, 7) is 9.46. The Labute approximate surface area is 124 Å². The molecule has 0 bridgehead atoms. The average molecular weight is 280 g/mol. The van der Waals surface area contributed by atoms with Crippen LogP contribution < -0.4 is 0 Å². The number of carbonyl (C=O) groups excluding carboxylic acids is 1. The highest BCUT2D eigenvalue weighted by Crippen LogP contribution is 2.54. The van der Waals surface area contributed by atoms with Crippen molar-refractivity contribution in [2.45, 2.75) is 66.2 Å². The van der Waals surface area contributed by atoms with Crippen molar-refractivity contribution in [3.05, 3.63) is 0 Å². The van der Waals surface area contributed by atoms with E-state index in [1.54, 1.807) is 0 Å². The van der Waals surface area contributed by atoms with Crippen LogP contribution in [-0.2, 0) is 9.53 Å². The quantitative estimate of drug-likeness (QED) is 0.661. The van der Waals surface area contributed by atoms with Crippen molar-refractivity contribution < 1.29 is 9.53 Å². The third-order valence-electron chi connectivity index (χ3n) is 5.98. The van der Waals surface area contributed by atoms with Gasteiger partial charge in [0, 0.05) is 6.42 Å². The van der Waals surface area contributed by atoms with E-state index in [2.05, 4.69) is 20.8 Å². The van der Waals surface area contributed by atoms with E-state index in [4.69, 9.17) is 4.74 Å². The lowest BCUT2D eigenvalue weighted by Crippen LogP contribution is -2.35. The van der Waals surface area contributed by atoms with Gasteiger partial charge in [-0.15, -0.1) is 0 Å². The van der Waals surface area contributed by atoms with Gasteiger partial charge in [-0.25, -0.2) is 0 Å². The van der Waals surface area contributed by atoms with E-state index in [0.717, 1.165) is 29.6 Å². The van der Waals surface area contributed by atoms with Gasteiger partial charge in [-0.2, -0.15) is 0 Å². The van der Waals surface area contributed by atoms with Gasteiger partial charge in [0.2, 0.25) is 0 Å². The van der Waals surface area contributed by atoms with Crippen molar-refractivity contribution in [1.82, 2.24) is 0 Å². The Kier molecular flexibility index (Phi) is 5.51. The van der Waals surface area contributed by atoms with Gasteiger partial charge in [-0.05, 0) is 61.7 Å². The van der Waals surface area contributed by atoms with Crippen molar-refractivity contribution in [3.63, 3.8) is 0 Å². The summed E-state index contributed by atoms with van der Waals surface area (Å²) in [6.07, 6.45) is 7.30. The molecule has 2 fully saturated rings. The Morgan fingerprint density at radius 2 is 1.95 bits per heavy atom. The molecule has 0 amide bonds. The van der Waals surface area contributed by atoms with Gasteiger partial charge in [0.05, 0.1) is 6.61 Å². The molecule has 2 rings (SSSR count). The molecule has 0 saturated heterocycles. The van der Waals surface area contributed by atoms with Gasteiger partial charge < -0.3 is 4.74 Å². The fraction of sp³-hybridized carbons (Fsp3) is 0.944. The lowest BCUT2D eigenvalue weighted by Gasteiger charge is -2.41. The van der Waals surface area contributed by atoms with E-state index in [9.17, 15) is 4.79 Å². The molecule has 0 N–H and O–H groups in total. The zero-order chi connectivity index (χ0) is 14.7. The Bertz CT molecular complexity index is 313. The number of ether oxygens (including phenoxy) is 1. The van der Waals surface area contributed by atoms with Crippen LogP contribution in [0.3, 0.4) is 0 Å². The zero-order valence-electron chi connectivity index (χ0n) is 13.7. The number of hydrogen-bond donors (Lipinski definition) is 0. The zero-order valence-corrected chi connectivity index (χ0v) is 13.7. The molecular weight excluding hydrogens is 248 g/mol. The normalized spacial score (nSPS) is 38.3. The third-order valence-corrected chi connectivity index (χ3v) is 5.98. The molecule has 0 aromatic rings. The van der Waals surface area contributed by atoms with Crippen LogP contribution in [-0.4, -0.2) is 12.6 Å². The summed E-state index contributed by atoms with van der Waals surface area (Å²) in [6, 6.07) is 0. The fourth-order valence-corrected chi connectivity index (χ4v) is 4.54. The van der Waals surface area contributed by atoms with Crippen molar-refractivity contribution in [3.8, 4) is 0 Å². The molecule has 6 atom stereocenters. The van der Waals surface area contributed by atoms with Crippen LogP contribution in [0.2, 0.25) is 0 Å². The number of hydrogen-bond acceptors (Lipinski definition) is 2. The summed E-state index contributed by atoms with van der Waals surface area (Å²) in [4.78, 5) is 12.0. The van der Waals surface area contributed by atoms with Crippen molar-refractivity contribution in [1.29, 1.82) is 0 Å². The van der Waals surface area contributed by atoms with Gasteiger partial charge in [-0.1, -0.05) is 33.6 Å². The minimum Gasteiger partial charge on any atom is -0.466 e. The summed E-state index contributed by atoms with van der Waals surface area (Å²) >= 11 is 0. The summed E-state index contributed by atoms with van der Waals surface area (Å²) in [5, 5.41) is 0. The van der Waals surface area contributed by atoms with E-state index in [1.165, 1.54) is 32.1 Å². The van der Waals surface area contributed by atoms with E-state index in [0.29, 0.717) is 18.9 Å². The molecule has 2 saturated carbocycles. The molecule has 2 aliphatic rings.